The molecule has 0 radical (unpaired) electrons. The van der Waals surface area contributed by atoms with E-state index in [1.54, 1.807) is 17.2 Å². The maximum Gasteiger partial charge on any atom is 0.124 e. The average molecular weight is 260 g/mol. The molecule has 0 atom stereocenters. The summed E-state index contributed by atoms with van der Waals surface area (Å²) in [5.41, 5.74) is 0. The van der Waals surface area contributed by atoms with Gasteiger partial charge in [-0.25, -0.2) is 0 Å². The SMILES string of the molecule is CCCCCCCCCCSC=C(Cl)C#N. The molecule has 0 rings (SSSR count). The first kappa shape index (κ1) is 15.9. The van der Waals surface area contributed by atoms with Gasteiger partial charge in [0.05, 0.1) is 0 Å². The second-order valence-electron chi connectivity index (χ2n) is 3.92. The van der Waals surface area contributed by atoms with E-state index in [1.165, 1.54) is 51.4 Å². The topological polar surface area (TPSA) is 23.8 Å². The molecule has 0 aliphatic heterocycles. The molecule has 0 amide bonds. The van der Waals surface area contributed by atoms with Gasteiger partial charge < -0.3 is 0 Å². The van der Waals surface area contributed by atoms with Gasteiger partial charge in [0.1, 0.15) is 11.1 Å². The Bertz CT molecular complexity index is 220. The van der Waals surface area contributed by atoms with Crippen LogP contribution in [0.25, 0.3) is 0 Å². The Labute approximate surface area is 109 Å². The molecule has 0 aliphatic rings. The fourth-order valence-electron chi connectivity index (χ4n) is 1.48. The van der Waals surface area contributed by atoms with Crippen molar-refractivity contribution in [3.8, 4) is 6.07 Å². The van der Waals surface area contributed by atoms with Crippen LogP contribution in [-0.4, -0.2) is 5.75 Å². The van der Waals surface area contributed by atoms with Crippen LogP contribution >= 0.6 is 23.4 Å². The molecule has 3 heteroatoms. The molecule has 0 unspecified atom stereocenters. The molecule has 0 saturated carbocycles. The second-order valence-corrected chi connectivity index (χ2v) is 5.31. The van der Waals surface area contributed by atoms with Crippen LogP contribution in [0.5, 0.6) is 0 Å². The van der Waals surface area contributed by atoms with Crippen molar-refractivity contribution in [2.75, 3.05) is 5.75 Å². The van der Waals surface area contributed by atoms with E-state index in [0.717, 1.165) is 5.75 Å². The summed E-state index contributed by atoms with van der Waals surface area (Å²) in [6.45, 7) is 2.25. The van der Waals surface area contributed by atoms with E-state index in [0.29, 0.717) is 5.03 Å². The summed E-state index contributed by atoms with van der Waals surface area (Å²) in [7, 11) is 0. The first-order chi connectivity index (χ1) is 7.81. The van der Waals surface area contributed by atoms with E-state index in [4.69, 9.17) is 16.9 Å². The van der Waals surface area contributed by atoms with Gasteiger partial charge in [0.15, 0.2) is 0 Å². The Morgan fingerprint density at radius 1 is 1.12 bits per heavy atom. The zero-order chi connectivity index (χ0) is 12.1. The quantitative estimate of drug-likeness (QED) is 0.384. The van der Waals surface area contributed by atoms with E-state index >= 15 is 0 Å². The molecule has 0 saturated heterocycles. The van der Waals surface area contributed by atoms with Crippen LogP contribution in [0.1, 0.15) is 58.3 Å². The Kier molecular flexibility index (Phi) is 12.8. The van der Waals surface area contributed by atoms with Crippen LogP contribution in [0.3, 0.4) is 0 Å². The summed E-state index contributed by atoms with van der Waals surface area (Å²) in [4.78, 5) is 0. The van der Waals surface area contributed by atoms with Crippen molar-refractivity contribution in [3.63, 3.8) is 0 Å². The minimum Gasteiger partial charge on any atom is -0.191 e. The van der Waals surface area contributed by atoms with Crippen molar-refractivity contribution in [1.82, 2.24) is 0 Å². The summed E-state index contributed by atoms with van der Waals surface area (Å²) in [6.07, 6.45) is 10.7. The van der Waals surface area contributed by atoms with Gasteiger partial charge in [0.2, 0.25) is 0 Å². The lowest BCUT2D eigenvalue weighted by Crippen LogP contribution is -1.82. The molecule has 0 aromatic rings. The number of halogens is 1. The van der Waals surface area contributed by atoms with E-state index in [1.807, 2.05) is 6.07 Å². The number of hydrogen-bond acceptors (Lipinski definition) is 2. The van der Waals surface area contributed by atoms with Crippen LogP contribution < -0.4 is 0 Å². The van der Waals surface area contributed by atoms with Gasteiger partial charge in [-0.3, -0.25) is 0 Å². The predicted molar refractivity (Wildman–Crippen MR) is 74.6 cm³/mol. The summed E-state index contributed by atoms with van der Waals surface area (Å²) < 4.78 is 0. The van der Waals surface area contributed by atoms with Gasteiger partial charge >= 0.3 is 0 Å². The minimum absolute atomic E-state index is 0.296. The van der Waals surface area contributed by atoms with Crippen molar-refractivity contribution in [2.45, 2.75) is 58.3 Å². The summed E-state index contributed by atoms with van der Waals surface area (Å²) in [6, 6.07) is 1.90. The molecule has 0 aromatic heterocycles. The summed E-state index contributed by atoms with van der Waals surface area (Å²) in [5, 5.41) is 10.4. The van der Waals surface area contributed by atoms with E-state index in [9.17, 15) is 0 Å². The number of thioether (sulfide) groups is 1. The first-order valence-electron chi connectivity index (χ1n) is 6.18. The molecule has 0 bridgehead atoms. The van der Waals surface area contributed by atoms with Crippen molar-refractivity contribution < 1.29 is 0 Å². The highest BCUT2D eigenvalue weighted by Crippen LogP contribution is 2.14. The largest absolute Gasteiger partial charge is 0.191 e. The molecule has 92 valence electrons. The standard InChI is InChI=1S/C13H22ClNS/c1-2-3-4-5-6-7-8-9-10-16-12-13(14)11-15/h12H,2-10H2,1H3. The number of hydrogen-bond donors (Lipinski definition) is 0. The van der Waals surface area contributed by atoms with Gasteiger partial charge in [-0.1, -0.05) is 63.5 Å². The molecular weight excluding hydrogens is 238 g/mol. The van der Waals surface area contributed by atoms with Crippen LogP contribution in [0.2, 0.25) is 0 Å². The van der Waals surface area contributed by atoms with Crippen molar-refractivity contribution >= 4 is 23.4 Å². The van der Waals surface area contributed by atoms with Gasteiger partial charge in [-0.15, -0.1) is 11.8 Å². The maximum absolute atomic E-state index is 8.41. The average Bonchev–Trinajstić information content (AvgIpc) is 2.31. The van der Waals surface area contributed by atoms with Gasteiger partial charge in [0, 0.05) is 5.41 Å². The third-order valence-electron chi connectivity index (χ3n) is 2.41. The Hall–Kier alpha value is -0.130. The number of nitrogens with zero attached hydrogens (tertiary/aromatic N) is 1. The fraction of sp³-hybridized carbons (Fsp3) is 0.769. The fourth-order valence-corrected chi connectivity index (χ4v) is 2.35. The van der Waals surface area contributed by atoms with Crippen LogP contribution in [-0.2, 0) is 0 Å². The van der Waals surface area contributed by atoms with Crippen molar-refractivity contribution in [2.24, 2.45) is 0 Å². The normalized spacial score (nSPS) is 11.4. The van der Waals surface area contributed by atoms with Crippen molar-refractivity contribution in [1.29, 1.82) is 5.26 Å². The molecule has 0 N–H and O–H groups in total. The third kappa shape index (κ3) is 11.9. The number of unbranched alkanes of at least 4 members (excludes halogenated alkanes) is 7. The van der Waals surface area contributed by atoms with Crippen LogP contribution in [0.15, 0.2) is 10.4 Å². The predicted octanol–water partition coefficient (Wildman–Crippen LogP) is 5.46. The molecule has 16 heavy (non-hydrogen) atoms. The number of allylic oxidation sites excluding steroid dienone is 1. The second kappa shape index (κ2) is 12.9. The Balaban J connectivity index is 3.08. The lowest BCUT2D eigenvalue weighted by molar-refractivity contribution is 0.586. The smallest absolute Gasteiger partial charge is 0.124 e. The van der Waals surface area contributed by atoms with Gasteiger partial charge in [-0.2, -0.15) is 5.26 Å². The molecule has 0 aliphatic carbocycles. The molecule has 0 heterocycles. The molecule has 0 aromatic carbocycles. The van der Waals surface area contributed by atoms with E-state index in [-0.39, 0.29) is 0 Å². The third-order valence-corrected chi connectivity index (χ3v) is 3.66. The summed E-state index contributed by atoms with van der Waals surface area (Å²) >= 11 is 7.20. The lowest BCUT2D eigenvalue weighted by atomic mass is 10.1. The van der Waals surface area contributed by atoms with E-state index in [2.05, 4.69) is 6.92 Å². The van der Waals surface area contributed by atoms with Crippen molar-refractivity contribution in [3.05, 3.63) is 10.4 Å². The Morgan fingerprint density at radius 3 is 2.25 bits per heavy atom. The Morgan fingerprint density at radius 2 is 1.69 bits per heavy atom. The van der Waals surface area contributed by atoms with E-state index < -0.39 is 0 Å². The molecule has 0 spiro atoms. The molecule has 1 nitrogen and oxygen atoms in total. The number of rotatable bonds is 10. The zero-order valence-corrected chi connectivity index (χ0v) is 11.7. The highest BCUT2D eigenvalue weighted by atomic mass is 35.5. The minimum atomic E-state index is 0.296. The lowest BCUT2D eigenvalue weighted by Gasteiger charge is -2.00. The monoisotopic (exact) mass is 259 g/mol. The molecular formula is C13H22ClNS. The highest BCUT2D eigenvalue weighted by molar-refractivity contribution is 8.02. The number of nitriles is 1. The van der Waals surface area contributed by atoms with Gasteiger partial charge in [0.25, 0.3) is 0 Å². The molecule has 0 fully saturated rings. The maximum atomic E-state index is 8.41. The highest BCUT2D eigenvalue weighted by Gasteiger charge is 1.92. The first-order valence-corrected chi connectivity index (χ1v) is 7.61. The van der Waals surface area contributed by atoms with Gasteiger partial charge in [-0.05, 0) is 12.2 Å². The zero-order valence-electron chi connectivity index (χ0n) is 10.2. The summed E-state index contributed by atoms with van der Waals surface area (Å²) in [5.74, 6) is 1.08. The van der Waals surface area contributed by atoms with Crippen LogP contribution in [0.4, 0.5) is 0 Å². The van der Waals surface area contributed by atoms with Crippen LogP contribution in [0, 0.1) is 11.3 Å².